The van der Waals surface area contributed by atoms with Crippen LogP contribution >= 0.6 is 35.4 Å². The molecule has 28 heavy (non-hydrogen) atoms. The average molecular weight is 442 g/mol. The van der Waals surface area contributed by atoms with Gasteiger partial charge in [-0.05, 0) is 55.3 Å². The number of hydrogen-bond donors (Lipinski definition) is 1. The summed E-state index contributed by atoms with van der Waals surface area (Å²) < 4.78 is 7.78. The average Bonchev–Trinajstić information content (AvgIpc) is 2.72. The van der Waals surface area contributed by atoms with Crippen LogP contribution in [0.5, 0.6) is 0 Å². The molecule has 3 rings (SSSR count). The van der Waals surface area contributed by atoms with Gasteiger partial charge in [0.25, 0.3) is 0 Å². The van der Waals surface area contributed by atoms with E-state index in [2.05, 4.69) is 43.7 Å². The van der Waals surface area contributed by atoms with Crippen molar-refractivity contribution in [3.63, 3.8) is 0 Å². The molecule has 0 aliphatic carbocycles. The van der Waals surface area contributed by atoms with Crippen molar-refractivity contribution in [1.82, 2.24) is 4.90 Å². The molecular formula is C20H25Cl2N3O2S. The van der Waals surface area contributed by atoms with Gasteiger partial charge in [0.15, 0.2) is 0 Å². The van der Waals surface area contributed by atoms with E-state index >= 15 is 0 Å². The van der Waals surface area contributed by atoms with E-state index in [1.54, 1.807) is 0 Å². The number of nitrogens with one attached hydrogen (secondary N) is 1. The summed E-state index contributed by atoms with van der Waals surface area (Å²) >= 11 is 13.2. The smallest absolute Gasteiger partial charge is 0.148 e. The van der Waals surface area contributed by atoms with E-state index in [0.717, 1.165) is 69.2 Å². The standard InChI is InChI=1S/C20H25Cl2N3O2S/c1-26-27-28-23-17-6-4-16(5-7-17)3-2-10-24-11-13-25(14-12-24)18-8-9-19(21)20(22)15-18/h4-9,15,23H,2-3,10-14H2,1H3. The van der Waals surface area contributed by atoms with Gasteiger partial charge >= 0.3 is 0 Å². The van der Waals surface area contributed by atoms with Crippen molar-refractivity contribution < 1.29 is 9.22 Å². The van der Waals surface area contributed by atoms with Gasteiger partial charge in [0.2, 0.25) is 0 Å². The molecule has 0 radical (unpaired) electrons. The lowest BCUT2D eigenvalue weighted by Crippen LogP contribution is -2.46. The van der Waals surface area contributed by atoms with E-state index in [-0.39, 0.29) is 0 Å². The van der Waals surface area contributed by atoms with Gasteiger partial charge in [-0.1, -0.05) is 35.3 Å². The van der Waals surface area contributed by atoms with Gasteiger partial charge in [-0.2, -0.15) is 0 Å². The first-order valence-corrected chi connectivity index (χ1v) is 10.8. The maximum atomic E-state index is 6.14. The number of halogens is 2. The molecule has 0 saturated carbocycles. The molecule has 1 heterocycles. The van der Waals surface area contributed by atoms with Gasteiger partial charge in [-0.25, -0.2) is 4.89 Å². The predicted octanol–water partition coefficient (Wildman–Crippen LogP) is 5.30. The van der Waals surface area contributed by atoms with Crippen LogP contribution in [0.1, 0.15) is 12.0 Å². The van der Waals surface area contributed by atoms with E-state index in [1.807, 2.05) is 18.2 Å². The highest BCUT2D eigenvalue weighted by molar-refractivity contribution is 7.95. The van der Waals surface area contributed by atoms with Crippen LogP contribution in [0.4, 0.5) is 11.4 Å². The lowest BCUT2D eigenvalue weighted by Gasteiger charge is -2.36. The Morgan fingerprint density at radius 3 is 2.43 bits per heavy atom. The summed E-state index contributed by atoms with van der Waals surface area (Å²) in [5, 5.41) is 1.22. The minimum atomic E-state index is 0.606. The number of benzene rings is 2. The molecule has 1 aliphatic rings. The van der Waals surface area contributed by atoms with Gasteiger partial charge in [-0.15, -0.1) is 4.33 Å². The molecule has 5 nitrogen and oxygen atoms in total. The molecule has 2 aromatic carbocycles. The summed E-state index contributed by atoms with van der Waals surface area (Å²) in [7, 11) is 1.48. The van der Waals surface area contributed by atoms with E-state index in [0.29, 0.717) is 10.0 Å². The Morgan fingerprint density at radius 2 is 1.75 bits per heavy atom. The van der Waals surface area contributed by atoms with Crippen molar-refractivity contribution in [2.24, 2.45) is 0 Å². The summed E-state index contributed by atoms with van der Waals surface area (Å²) in [5.74, 6) is 0. The second-order valence-electron chi connectivity index (χ2n) is 6.65. The summed E-state index contributed by atoms with van der Waals surface area (Å²) in [6.45, 7) is 5.28. The van der Waals surface area contributed by atoms with Crippen LogP contribution in [-0.4, -0.2) is 44.7 Å². The van der Waals surface area contributed by atoms with E-state index in [4.69, 9.17) is 27.5 Å². The van der Waals surface area contributed by atoms with Crippen molar-refractivity contribution >= 4 is 46.8 Å². The Balaban J connectivity index is 1.37. The maximum Gasteiger partial charge on any atom is 0.148 e. The summed E-state index contributed by atoms with van der Waals surface area (Å²) in [6, 6.07) is 14.3. The Hall–Kier alpha value is -1.15. The molecule has 1 fully saturated rings. The zero-order valence-corrected chi connectivity index (χ0v) is 18.2. The zero-order chi connectivity index (χ0) is 19.8. The molecule has 2 aromatic rings. The highest BCUT2D eigenvalue weighted by Gasteiger charge is 2.17. The molecular weight excluding hydrogens is 417 g/mol. The summed E-state index contributed by atoms with van der Waals surface area (Å²) in [4.78, 5) is 9.42. The highest BCUT2D eigenvalue weighted by Crippen LogP contribution is 2.27. The van der Waals surface area contributed by atoms with E-state index in [9.17, 15) is 0 Å². The van der Waals surface area contributed by atoms with E-state index < -0.39 is 0 Å². The fraction of sp³-hybridized carbons (Fsp3) is 0.400. The van der Waals surface area contributed by atoms with Gasteiger partial charge in [0.05, 0.1) is 17.2 Å². The molecule has 0 aromatic heterocycles. The fourth-order valence-electron chi connectivity index (χ4n) is 3.26. The number of aryl methyl sites for hydroxylation is 1. The number of anilines is 2. The molecule has 0 amide bonds. The van der Waals surface area contributed by atoms with Crippen molar-refractivity contribution in [3.05, 3.63) is 58.1 Å². The van der Waals surface area contributed by atoms with Crippen molar-refractivity contribution in [1.29, 1.82) is 0 Å². The van der Waals surface area contributed by atoms with Gasteiger partial charge < -0.3 is 9.62 Å². The highest BCUT2D eigenvalue weighted by atomic mass is 35.5. The monoisotopic (exact) mass is 441 g/mol. The van der Waals surface area contributed by atoms with Gasteiger partial charge in [0, 0.05) is 37.6 Å². The molecule has 1 N–H and O–H groups in total. The fourth-order valence-corrected chi connectivity index (χ4v) is 3.88. The molecule has 0 unspecified atom stereocenters. The Kier molecular flexibility index (Phi) is 8.58. The normalized spacial score (nSPS) is 15.0. The topological polar surface area (TPSA) is 37.0 Å². The van der Waals surface area contributed by atoms with Crippen LogP contribution < -0.4 is 9.62 Å². The molecule has 8 heteroatoms. The lowest BCUT2D eigenvalue weighted by molar-refractivity contribution is -0.159. The van der Waals surface area contributed by atoms with E-state index in [1.165, 1.54) is 12.7 Å². The van der Waals surface area contributed by atoms with Crippen LogP contribution in [0.3, 0.4) is 0 Å². The Morgan fingerprint density at radius 1 is 1.00 bits per heavy atom. The minimum absolute atomic E-state index is 0.606. The third-order valence-corrected chi connectivity index (χ3v) is 6.06. The Labute approximate surface area is 181 Å². The molecule has 0 bridgehead atoms. The minimum Gasteiger partial charge on any atom is -0.369 e. The van der Waals surface area contributed by atoms with Crippen LogP contribution in [0.15, 0.2) is 42.5 Å². The molecule has 0 spiro atoms. The third-order valence-electron chi connectivity index (χ3n) is 4.80. The predicted molar refractivity (Wildman–Crippen MR) is 119 cm³/mol. The quantitative estimate of drug-likeness (QED) is 0.187. The summed E-state index contributed by atoms with van der Waals surface area (Å²) in [5.41, 5.74) is 3.48. The number of hydrogen-bond acceptors (Lipinski definition) is 6. The van der Waals surface area contributed by atoms with Gasteiger partial charge in [0.1, 0.15) is 12.2 Å². The maximum absolute atomic E-state index is 6.14. The number of nitrogens with zero attached hydrogens (tertiary/aromatic N) is 2. The molecule has 152 valence electrons. The van der Waals surface area contributed by atoms with Gasteiger partial charge in [-0.3, -0.25) is 4.90 Å². The van der Waals surface area contributed by atoms with Crippen LogP contribution in [-0.2, 0) is 15.6 Å². The lowest BCUT2D eigenvalue weighted by atomic mass is 10.1. The largest absolute Gasteiger partial charge is 0.369 e. The first-order chi connectivity index (χ1) is 13.7. The molecule has 0 atom stereocenters. The number of piperazine rings is 1. The van der Waals surface area contributed by atoms with Crippen molar-refractivity contribution in [2.45, 2.75) is 12.8 Å². The summed E-state index contributed by atoms with van der Waals surface area (Å²) in [6.07, 6.45) is 2.23. The molecule has 1 saturated heterocycles. The second kappa shape index (κ2) is 11.1. The first kappa shape index (κ1) is 21.6. The van der Waals surface area contributed by atoms with Crippen LogP contribution in [0.25, 0.3) is 0 Å². The van der Waals surface area contributed by atoms with Crippen LogP contribution in [0, 0.1) is 0 Å². The van der Waals surface area contributed by atoms with Crippen molar-refractivity contribution in [2.75, 3.05) is 49.5 Å². The first-order valence-electron chi connectivity index (χ1n) is 9.29. The van der Waals surface area contributed by atoms with Crippen molar-refractivity contribution in [3.8, 4) is 0 Å². The second-order valence-corrected chi connectivity index (χ2v) is 7.97. The van der Waals surface area contributed by atoms with Crippen LogP contribution in [0.2, 0.25) is 10.0 Å². The zero-order valence-electron chi connectivity index (χ0n) is 15.9. The number of rotatable bonds is 9. The Bertz CT molecular complexity index is 741. The SMILES string of the molecule is COOSNc1ccc(CCCN2CCN(c3ccc(Cl)c(Cl)c3)CC2)cc1. The molecule has 1 aliphatic heterocycles. The third kappa shape index (κ3) is 6.44.